The van der Waals surface area contributed by atoms with E-state index in [1.807, 2.05) is 0 Å². The van der Waals surface area contributed by atoms with Crippen LogP contribution in [0.1, 0.15) is 42.7 Å². The van der Waals surface area contributed by atoms with Crippen molar-refractivity contribution in [2.45, 2.75) is 44.1 Å². The van der Waals surface area contributed by atoms with Gasteiger partial charge in [0.1, 0.15) is 0 Å². The Bertz CT molecular complexity index is 429. The highest BCUT2D eigenvalue weighted by Crippen LogP contribution is 2.59. The minimum atomic E-state index is 0.476. The molecule has 1 nitrogen and oxygen atoms in total. The topological polar surface area (TPSA) is 26.0 Å². The van der Waals surface area contributed by atoms with Crippen LogP contribution in [0.5, 0.6) is 0 Å². The van der Waals surface area contributed by atoms with Gasteiger partial charge in [-0.2, -0.15) is 0 Å². The van der Waals surface area contributed by atoms with E-state index in [2.05, 4.69) is 24.3 Å². The highest BCUT2D eigenvalue weighted by Gasteiger charge is 2.55. The number of hydrogen-bond acceptors (Lipinski definition) is 1. The van der Waals surface area contributed by atoms with E-state index in [0.717, 1.165) is 23.7 Å². The third kappa shape index (κ3) is 1.48. The van der Waals surface area contributed by atoms with Gasteiger partial charge in [-0.25, -0.2) is 0 Å². The molecule has 3 aliphatic carbocycles. The van der Waals surface area contributed by atoms with Crippen LogP contribution in [0.2, 0.25) is 0 Å². The lowest BCUT2D eigenvalue weighted by atomic mass is 9.74. The lowest BCUT2D eigenvalue weighted by molar-refractivity contribution is 0.410. The van der Waals surface area contributed by atoms with E-state index in [4.69, 9.17) is 5.73 Å². The quantitative estimate of drug-likeness (QED) is 0.843. The van der Waals surface area contributed by atoms with Gasteiger partial charge in [0.25, 0.3) is 0 Å². The molecule has 0 saturated heterocycles. The maximum Gasteiger partial charge on any atom is 0.00786 e. The van der Waals surface area contributed by atoms with Crippen LogP contribution in [-0.2, 0) is 6.42 Å². The molecule has 3 aliphatic rings. The van der Waals surface area contributed by atoms with Crippen LogP contribution in [-0.4, -0.2) is 6.04 Å². The summed E-state index contributed by atoms with van der Waals surface area (Å²) in [6, 6.07) is 9.36. The molecule has 0 aliphatic heterocycles. The van der Waals surface area contributed by atoms with Crippen LogP contribution in [0.15, 0.2) is 24.3 Å². The third-order valence-electron chi connectivity index (χ3n) is 5.49. The van der Waals surface area contributed by atoms with Crippen molar-refractivity contribution >= 4 is 0 Å². The van der Waals surface area contributed by atoms with Crippen molar-refractivity contribution in [3.05, 3.63) is 35.4 Å². The lowest BCUT2D eigenvalue weighted by Crippen LogP contribution is -2.31. The summed E-state index contributed by atoms with van der Waals surface area (Å²) >= 11 is 0. The maximum atomic E-state index is 6.44. The summed E-state index contributed by atoms with van der Waals surface area (Å²) in [5.41, 5.74) is 9.57. The number of rotatable bonds is 3. The largest absolute Gasteiger partial charge is 0.327 e. The van der Waals surface area contributed by atoms with Gasteiger partial charge in [-0.05, 0) is 60.5 Å². The van der Waals surface area contributed by atoms with Gasteiger partial charge in [-0.3, -0.25) is 0 Å². The monoisotopic (exact) mass is 227 g/mol. The molecule has 1 aromatic carbocycles. The molecule has 0 heterocycles. The summed E-state index contributed by atoms with van der Waals surface area (Å²) in [5, 5.41) is 0. The van der Waals surface area contributed by atoms with E-state index in [-0.39, 0.29) is 0 Å². The average molecular weight is 227 g/mol. The molecule has 90 valence electrons. The molecular formula is C16H21N. The Balaban J connectivity index is 1.40. The molecule has 17 heavy (non-hydrogen) atoms. The first-order chi connectivity index (χ1) is 8.34. The molecule has 2 N–H and O–H groups in total. The number of fused-ring (bicyclic) bond motifs is 2. The van der Waals surface area contributed by atoms with Gasteiger partial charge in [-0.15, -0.1) is 0 Å². The molecule has 0 radical (unpaired) electrons. The Morgan fingerprint density at radius 2 is 1.94 bits per heavy atom. The first-order valence-electron chi connectivity index (χ1n) is 7.18. The smallest absolute Gasteiger partial charge is 0.00786 e. The molecule has 4 rings (SSSR count). The Labute approximate surface area is 103 Å². The van der Waals surface area contributed by atoms with Gasteiger partial charge in [0.2, 0.25) is 0 Å². The van der Waals surface area contributed by atoms with Crippen molar-refractivity contribution in [3.8, 4) is 0 Å². The standard InChI is InChI=1S/C16H21N/c17-15(16-13-6-3-7-14(13)16)9-11-8-10-4-1-2-5-12(10)11/h1-2,4-5,11,13-16H,3,6-9,17H2. The summed E-state index contributed by atoms with van der Waals surface area (Å²) in [7, 11) is 0. The van der Waals surface area contributed by atoms with Crippen molar-refractivity contribution in [2.75, 3.05) is 0 Å². The van der Waals surface area contributed by atoms with Crippen LogP contribution in [0.3, 0.4) is 0 Å². The molecular weight excluding hydrogens is 206 g/mol. The van der Waals surface area contributed by atoms with Gasteiger partial charge < -0.3 is 5.73 Å². The minimum absolute atomic E-state index is 0.476. The van der Waals surface area contributed by atoms with Crippen molar-refractivity contribution in [2.24, 2.45) is 23.5 Å². The van der Waals surface area contributed by atoms with Gasteiger partial charge in [0, 0.05) is 6.04 Å². The first kappa shape index (κ1) is 10.1. The number of benzene rings is 1. The second-order valence-electron chi connectivity index (χ2n) is 6.34. The van der Waals surface area contributed by atoms with Crippen molar-refractivity contribution in [3.63, 3.8) is 0 Å². The molecule has 4 atom stereocenters. The zero-order chi connectivity index (χ0) is 11.4. The SMILES string of the molecule is NC(CC1Cc2ccccc21)C1C2CCCC21. The summed E-state index contributed by atoms with van der Waals surface area (Å²) in [6.45, 7) is 0. The summed E-state index contributed by atoms with van der Waals surface area (Å²) < 4.78 is 0. The normalized spacial score (nSPS) is 39.1. The van der Waals surface area contributed by atoms with Crippen LogP contribution in [0, 0.1) is 17.8 Å². The fourth-order valence-corrected chi connectivity index (χ4v) is 4.57. The zero-order valence-corrected chi connectivity index (χ0v) is 10.3. The van der Waals surface area contributed by atoms with Crippen LogP contribution in [0.4, 0.5) is 0 Å². The second kappa shape index (κ2) is 3.58. The summed E-state index contributed by atoms with van der Waals surface area (Å²) in [4.78, 5) is 0. The molecule has 2 fully saturated rings. The van der Waals surface area contributed by atoms with Crippen molar-refractivity contribution in [1.29, 1.82) is 0 Å². The number of nitrogens with two attached hydrogens (primary N) is 1. The molecule has 0 aromatic heterocycles. The number of hydrogen-bond donors (Lipinski definition) is 1. The molecule has 4 unspecified atom stereocenters. The Morgan fingerprint density at radius 1 is 1.18 bits per heavy atom. The highest BCUT2D eigenvalue weighted by atomic mass is 14.7. The van der Waals surface area contributed by atoms with Crippen LogP contribution in [0.25, 0.3) is 0 Å². The summed E-state index contributed by atoms with van der Waals surface area (Å²) in [6.07, 6.45) is 6.89. The summed E-state index contributed by atoms with van der Waals surface area (Å²) in [5.74, 6) is 3.68. The Morgan fingerprint density at radius 3 is 2.71 bits per heavy atom. The molecule has 0 amide bonds. The van der Waals surface area contributed by atoms with E-state index in [0.29, 0.717) is 6.04 Å². The van der Waals surface area contributed by atoms with Gasteiger partial charge in [0.15, 0.2) is 0 Å². The highest BCUT2D eigenvalue weighted by molar-refractivity contribution is 5.40. The molecule has 0 bridgehead atoms. The molecule has 0 spiro atoms. The van der Waals surface area contributed by atoms with Gasteiger partial charge in [0.05, 0.1) is 0 Å². The average Bonchev–Trinajstić information content (AvgIpc) is 2.80. The van der Waals surface area contributed by atoms with E-state index >= 15 is 0 Å². The predicted octanol–water partition coefficient (Wildman–Crippen LogP) is 3.09. The Kier molecular flexibility index (Phi) is 2.14. The minimum Gasteiger partial charge on any atom is -0.327 e. The van der Waals surface area contributed by atoms with Crippen molar-refractivity contribution < 1.29 is 0 Å². The Hall–Kier alpha value is -0.820. The van der Waals surface area contributed by atoms with Crippen LogP contribution >= 0.6 is 0 Å². The molecule has 1 heteroatoms. The first-order valence-corrected chi connectivity index (χ1v) is 7.18. The predicted molar refractivity (Wildman–Crippen MR) is 69.8 cm³/mol. The third-order valence-corrected chi connectivity index (χ3v) is 5.49. The lowest BCUT2D eigenvalue weighted by Gasteiger charge is -2.32. The van der Waals surface area contributed by atoms with Crippen LogP contribution < -0.4 is 5.73 Å². The zero-order valence-electron chi connectivity index (χ0n) is 10.3. The molecule has 1 aromatic rings. The fraction of sp³-hybridized carbons (Fsp3) is 0.625. The maximum absolute atomic E-state index is 6.44. The van der Waals surface area contributed by atoms with E-state index < -0.39 is 0 Å². The second-order valence-corrected chi connectivity index (χ2v) is 6.34. The van der Waals surface area contributed by atoms with Gasteiger partial charge in [-0.1, -0.05) is 30.7 Å². The van der Waals surface area contributed by atoms with E-state index in [9.17, 15) is 0 Å². The fourth-order valence-electron chi connectivity index (χ4n) is 4.57. The van der Waals surface area contributed by atoms with Crippen molar-refractivity contribution in [1.82, 2.24) is 0 Å². The van der Waals surface area contributed by atoms with E-state index in [1.165, 1.54) is 32.1 Å². The van der Waals surface area contributed by atoms with E-state index in [1.54, 1.807) is 11.1 Å². The van der Waals surface area contributed by atoms with Gasteiger partial charge >= 0.3 is 0 Å². The molecule has 2 saturated carbocycles.